The van der Waals surface area contributed by atoms with E-state index in [1.807, 2.05) is 13.8 Å². The van der Waals surface area contributed by atoms with Crippen molar-refractivity contribution in [1.82, 2.24) is 6.15 Å². The van der Waals surface area contributed by atoms with Crippen LogP contribution in [-0.4, -0.2) is 12.2 Å². The number of hydrogen-bond donors (Lipinski definition) is 1. The van der Waals surface area contributed by atoms with E-state index in [9.17, 15) is 0 Å². The molecule has 3 heteroatoms. The summed E-state index contributed by atoms with van der Waals surface area (Å²) in [7, 11) is 0. The molecule has 9 heavy (non-hydrogen) atoms. The summed E-state index contributed by atoms with van der Waals surface area (Å²) in [5, 5.41) is 0. The molecular formula is C6H15NO2. The van der Waals surface area contributed by atoms with Gasteiger partial charge in [0.05, 0.1) is 12.2 Å². The average Bonchev–Trinajstić information content (AvgIpc) is 1.65. The molecule has 0 radical (unpaired) electrons. The van der Waals surface area contributed by atoms with Gasteiger partial charge in [0.2, 0.25) is 0 Å². The Bertz CT molecular complexity index is 75.1. The van der Waals surface area contributed by atoms with Crippen molar-refractivity contribution in [1.29, 1.82) is 0 Å². The monoisotopic (exact) mass is 133 g/mol. The maximum atomic E-state index is 4.97. The van der Waals surface area contributed by atoms with Crippen LogP contribution in [0, 0.1) is 0 Å². The molecule has 56 valence electrons. The van der Waals surface area contributed by atoms with E-state index >= 15 is 0 Å². The van der Waals surface area contributed by atoms with Crippen LogP contribution in [-0.2, 0) is 9.78 Å². The normalized spacial score (nSPS) is 24.7. The first-order valence-electron chi connectivity index (χ1n) is 3.01. The Balaban J connectivity index is 0.000000640. The highest BCUT2D eigenvalue weighted by Gasteiger charge is 2.22. The molecule has 0 amide bonds. The van der Waals surface area contributed by atoms with Gasteiger partial charge in [0, 0.05) is 0 Å². The van der Waals surface area contributed by atoms with Crippen LogP contribution in [0.1, 0.15) is 26.7 Å². The maximum Gasteiger partial charge on any atom is 0.0980 e. The Labute approximate surface area is 55.9 Å². The molecule has 0 atom stereocenters. The van der Waals surface area contributed by atoms with E-state index in [4.69, 9.17) is 9.78 Å². The van der Waals surface area contributed by atoms with Crippen molar-refractivity contribution in [2.75, 3.05) is 6.61 Å². The summed E-state index contributed by atoms with van der Waals surface area (Å²) in [6.07, 6.45) is 2.22. The minimum absolute atomic E-state index is 0. The van der Waals surface area contributed by atoms with Crippen molar-refractivity contribution in [3.8, 4) is 0 Å². The second-order valence-corrected chi connectivity index (χ2v) is 2.77. The van der Waals surface area contributed by atoms with E-state index in [1.54, 1.807) is 0 Å². The Morgan fingerprint density at radius 3 is 2.22 bits per heavy atom. The molecule has 3 nitrogen and oxygen atoms in total. The van der Waals surface area contributed by atoms with Gasteiger partial charge in [-0.2, -0.15) is 0 Å². The van der Waals surface area contributed by atoms with Gasteiger partial charge in [0.1, 0.15) is 0 Å². The zero-order chi connectivity index (χ0) is 6.04. The van der Waals surface area contributed by atoms with Gasteiger partial charge < -0.3 is 6.15 Å². The summed E-state index contributed by atoms with van der Waals surface area (Å²) in [4.78, 5) is 9.75. The average molecular weight is 133 g/mol. The van der Waals surface area contributed by atoms with E-state index in [-0.39, 0.29) is 11.8 Å². The van der Waals surface area contributed by atoms with Gasteiger partial charge in [-0.15, -0.1) is 0 Å². The van der Waals surface area contributed by atoms with Crippen molar-refractivity contribution in [3.63, 3.8) is 0 Å². The molecule has 1 fully saturated rings. The predicted molar refractivity (Wildman–Crippen MR) is 35.4 cm³/mol. The molecular weight excluding hydrogens is 118 g/mol. The summed E-state index contributed by atoms with van der Waals surface area (Å²) in [5.74, 6) is 0. The zero-order valence-corrected chi connectivity index (χ0v) is 6.14. The van der Waals surface area contributed by atoms with E-state index < -0.39 is 0 Å². The molecule has 0 unspecified atom stereocenters. The van der Waals surface area contributed by atoms with E-state index in [1.165, 1.54) is 0 Å². The maximum absolute atomic E-state index is 4.97. The van der Waals surface area contributed by atoms with Crippen LogP contribution in [0.25, 0.3) is 0 Å². The minimum atomic E-state index is -0.0434. The summed E-state index contributed by atoms with van der Waals surface area (Å²) in [6, 6.07) is 0. The lowest BCUT2D eigenvalue weighted by Gasteiger charge is -2.27. The molecule has 1 heterocycles. The van der Waals surface area contributed by atoms with Gasteiger partial charge in [-0.25, -0.2) is 9.78 Å². The summed E-state index contributed by atoms with van der Waals surface area (Å²) >= 11 is 0. The third kappa shape index (κ3) is 2.79. The molecule has 1 aliphatic rings. The van der Waals surface area contributed by atoms with Crippen molar-refractivity contribution in [3.05, 3.63) is 0 Å². The number of rotatable bonds is 0. The Hall–Kier alpha value is -0.120. The summed E-state index contributed by atoms with van der Waals surface area (Å²) < 4.78 is 0. The molecule has 0 spiro atoms. The third-order valence-electron chi connectivity index (χ3n) is 1.29. The molecule has 1 saturated heterocycles. The van der Waals surface area contributed by atoms with Crippen molar-refractivity contribution >= 4 is 0 Å². The van der Waals surface area contributed by atoms with Crippen LogP contribution in [0.5, 0.6) is 0 Å². The predicted octanol–water partition coefficient (Wildman–Crippen LogP) is 1.67. The molecule has 0 aromatic rings. The lowest BCUT2D eigenvalue weighted by Crippen LogP contribution is -2.29. The van der Waals surface area contributed by atoms with Gasteiger partial charge in [-0.3, -0.25) is 0 Å². The summed E-state index contributed by atoms with van der Waals surface area (Å²) in [6.45, 7) is 4.82. The van der Waals surface area contributed by atoms with Crippen LogP contribution in [0.15, 0.2) is 0 Å². The molecule has 0 bridgehead atoms. The van der Waals surface area contributed by atoms with Crippen LogP contribution in [0.4, 0.5) is 0 Å². The molecule has 0 saturated carbocycles. The van der Waals surface area contributed by atoms with Gasteiger partial charge >= 0.3 is 0 Å². The first-order valence-corrected chi connectivity index (χ1v) is 3.01. The Morgan fingerprint density at radius 2 is 2.00 bits per heavy atom. The fourth-order valence-electron chi connectivity index (χ4n) is 0.800. The Kier molecular flexibility index (Phi) is 3.11. The lowest BCUT2D eigenvalue weighted by molar-refractivity contribution is -0.374. The van der Waals surface area contributed by atoms with Gasteiger partial charge in [-0.1, -0.05) is 0 Å². The topological polar surface area (TPSA) is 53.5 Å². The van der Waals surface area contributed by atoms with Crippen LogP contribution in [0.3, 0.4) is 0 Å². The van der Waals surface area contributed by atoms with Gasteiger partial charge in [-0.05, 0) is 26.7 Å². The highest BCUT2D eigenvalue weighted by atomic mass is 17.2. The molecule has 0 aromatic carbocycles. The quantitative estimate of drug-likeness (QED) is 0.511. The van der Waals surface area contributed by atoms with E-state index in [0.717, 1.165) is 19.4 Å². The molecule has 0 aromatic heterocycles. The second kappa shape index (κ2) is 3.15. The second-order valence-electron chi connectivity index (χ2n) is 2.77. The molecule has 0 aliphatic carbocycles. The zero-order valence-electron chi connectivity index (χ0n) is 6.14. The highest BCUT2D eigenvalue weighted by Crippen LogP contribution is 2.20. The van der Waals surface area contributed by atoms with Crippen LogP contribution in [0.2, 0.25) is 0 Å². The molecule has 3 N–H and O–H groups in total. The number of hydrogen-bond acceptors (Lipinski definition) is 3. The highest BCUT2D eigenvalue weighted by molar-refractivity contribution is 4.67. The van der Waals surface area contributed by atoms with Crippen LogP contribution >= 0.6 is 0 Å². The molecule has 1 aliphatic heterocycles. The fraction of sp³-hybridized carbons (Fsp3) is 1.00. The van der Waals surface area contributed by atoms with Crippen molar-refractivity contribution in [2.45, 2.75) is 32.3 Å². The molecule has 1 rings (SSSR count). The summed E-state index contributed by atoms with van der Waals surface area (Å²) in [5.41, 5.74) is -0.0434. The standard InChI is InChI=1S/C6H12O2.H3N/c1-6(2)4-3-5-7-8-6;/h3-5H2,1-2H3;1H3. The smallest absolute Gasteiger partial charge is 0.0980 e. The van der Waals surface area contributed by atoms with E-state index in [0.29, 0.717) is 0 Å². The lowest BCUT2D eigenvalue weighted by atomic mass is 10.0. The van der Waals surface area contributed by atoms with E-state index in [2.05, 4.69) is 0 Å². The first-order chi connectivity index (χ1) is 3.71. The Morgan fingerprint density at radius 1 is 1.33 bits per heavy atom. The van der Waals surface area contributed by atoms with Gasteiger partial charge in [0.15, 0.2) is 0 Å². The van der Waals surface area contributed by atoms with Crippen molar-refractivity contribution in [2.24, 2.45) is 0 Å². The minimum Gasteiger partial charge on any atom is -0.344 e. The fourth-order valence-corrected chi connectivity index (χ4v) is 0.800. The third-order valence-corrected chi connectivity index (χ3v) is 1.29. The van der Waals surface area contributed by atoms with Crippen LogP contribution < -0.4 is 6.15 Å². The van der Waals surface area contributed by atoms with Gasteiger partial charge in [0.25, 0.3) is 0 Å². The first kappa shape index (κ1) is 8.88. The van der Waals surface area contributed by atoms with Crippen molar-refractivity contribution < 1.29 is 9.78 Å². The SMILES string of the molecule is CC1(C)CCCOO1.N. The largest absolute Gasteiger partial charge is 0.344 e.